The molecule has 0 fully saturated rings. The third-order valence-electron chi connectivity index (χ3n) is 3.64. The van der Waals surface area contributed by atoms with Crippen LogP contribution in [0.1, 0.15) is 31.0 Å². The van der Waals surface area contributed by atoms with E-state index in [2.05, 4.69) is 17.6 Å². The molecule has 0 aromatic heterocycles. The molecule has 23 heavy (non-hydrogen) atoms. The van der Waals surface area contributed by atoms with E-state index in [0.717, 1.165) is 18.2 Å². The summed E-state index contributed by atoms with van der Waals surface area (Å²) >= 11 is 0. The maximum absolute atomic E-state index is 13.7. The highest BCUT2D eigenvalue weighted by Crippen LogP contribution is 2.17. The van der Waals surface area contributed by atoms with Crippen molar-refractivity contribution >= 4 is 11.6 Å². The Morgan fingerprint density at radius 2 is 1.83 bits per heavy atom. The zero-order chi connectivity index (χ0) is 16.8. The normalized spacial score (nSPS) is 12.0. The lowest BCUT2D eigenvalue weighted by molar-refractivity contribution is -0.115. The van der Waals surface area contributed by atoms with E-state index >= 15 is 0 Å². The van der Waals surface area contributed by atoms with E-state index in [1.54, 1.807) is 6.92 Å². The van der Waals surface area contributed by atoms with Crippen molar-refractivity contribution in [3.8, 4) is 0 Å². The van der Waals surface area contributed by atoms with Gasteiger partial charge in [-0.3, -0.25) is 4.79 Å². The number of benzene rings is 2. The Labute approximate surface area is 134 Å². The molecule has 2 N–H and O–H groups in total. The number of aryl methyl sites for hydroxylation is 1. The van der Waals surface area contributed by atoms with Crippen LogP contribution in [0.5, 0.6) is 0 Å². The van der Waals surface area contributed by atoms with Crippen LogP contribution in [-0.4, -0.2) is 12.5 Å². The van der Waals surface area contributed by atoms with Gasteiger partial charge in [-0.15, -0.1) is 0 Å². The van der Waals surface area contributed by atoms with Gasteiger partial charge in [0.05, 0.1) is 6.54 Å². The fourth-order valence-corrected chi connectivity index (χ4v) is 2.24. The molecule has 0 heterocycles. The van der Waals surface area contributed by atoms with Gasteiger partial charge in [0.15, 0.2) is 0 Å². The van der Waals surface area contributed by atoms with Gasteiger partial charge in [0.2, 0.25) is 5.91 Å². The molecule has 0 spiro atoms. The van der Waals surface area contributed by atoms with Crippen molar-refractivity contribution in [2.45, 2.75) is 26.3 Å². The van der Waals surface area contributed by atoms with Gasteiger partial charge >= 0.3 is 0 Å². The number of anilines is 1. The predicted octanol–water partition coefficient (Wildman–Crippen LogP) is 3.82. The second-order valence-corrected chi connectivity index (χ2v) is 5.37. The summed E-state index contributed by atoms with van der Waals surface area (Å²) in [5, 5.41) is 5.70. The van der Waals surface area contributed by atoms with Crippen LogP contribution in [0, 0.1) is 11.6 Å². The molecule has 2 rings (SSSR count). The van der Waals surface area contributed by atoms with Crippen molar-refractivity contribution in [3.63, 3.8) is 0 Å². The molecule has 1 atom stereocenters. The van der Waals surface area contributed by atoms with Gasteiger partial charge in [0.1, 0.15) is 11.6 Å². The minimum atomic E-state index is -0.624. The van der Waals surface area contributed by atoms with Gasteiger partial charge in [-0.05, 0) is 37.1 Å². The van der Waals surface area contributed by atoms with E-state index < -0.39 is 17.7 Å². The Morgan fingerprint density at radius 3 is 2.43 bits per heavy atom. The first-order chi connectivity index (χ1) is 11.0. The summed E-state index contributed by atoms with van der Waals surface area (Å²) in [5.41, 5.74) is 2.24. The Kier molecular flexibility index (Phi) is 5.82. The van der Waals surface area contributed by atoms with Crippen molar-refractivity contribution in [2.75, 3.05) is 11.9 Å². The van der Waals surface area contributed by atoms with Gasteiger partial charge in [-0.25, -0.2) is 8.78 Å². The summed E-state index contributed by atoms with van der Waals surface area (Å²) < 4.78 is 26.6. The zero-order valence-corrected chi connectivity index (χ0v) is 13.2. The van der Waals surface area contributed by atoms with Gasteiger partial charge in [-0.2, -0.15) is 0 Å². The Hall–Kier alpha value is -2.27. The molecule has 0 aliphatic heterocycles. The summed E-state index contributed by atoms with van der Waals surface area (Å²) in [6, 6.07) is 10.6. The Balaban J connectivity index is 1.87. The quantitative estimate of drug-likeness (QED) is 0.850. The van der Waals surface area contributed by atoms with Crippen molar-refractivity contribution in [2.24, 2.45) is 0 Å². The summed E-state index contributed by atoms with van der Waals surface area (Å²) in [7, 11) is 0. The van der Waals surface area contributed by atoms with Crippen LogP contribution in [0.3, 0.4) is 0 Å². The predicted molar refractivity (Wildman–Crippen MR) is 87.2 cm³/mol. The number of nitrogens with one attached hydrogen (secondary N) is 2. The molecule has 0 radical (unpaired) electrons. The second kappa shape index (κ2) is 7.83. The fraction of sp³-hybridized carbons (Fsp3) is 0.278. The number of halogens is 2. The third kappa shape index (κ3) is 4.86. The summed E-state index contributed by atoms with van der Waals surface area (Å²) in [6.45, 7) is 3.82. The monoisotopic (exact) mass is 318 g/mol. The molecule has 3 nitrogen and oxygen atoms in total. The summed E-state index contributed by atoms with van der Waals surface area (Å²) in [5.74, 6) is -1.46. The second-order valence-electron chi connectivity index (χ2n) is 5.37. The highest BCUT2D eigenvalue weighted by atomic mass is 19.1. The molecule has 5 heteroatoms. The average Bonchev–Trinajstić information content (AvgIpc) is 2.53. The number of carbonyl (C=O) groups is 1. The molecule has 122 valence electrons. The minimum absolute atomic E-state index is 0.0352. The van der Waals surface area contributed by atoms with E-state index in [9.17, 15) is 13.6 Å². The zero-order valence-electron chi connectivity index (χ0n) is 13.2. The smallest absolute Gasteiger partial charge is 0.238 e. The van der Waals surface area contributed by atoms with Crippen LogP contribution >= 0.6 is 0 Å². The van der Waals surface area contributed by atoms with Crippen molar-refractivity contribution in [1.29, 1.82) is 0 Å². The van der Waals surface area contributed by atoms with Crippen LogP contribution in [0.2, 0.25) is 0 Å². The van der Waals surface area contributed by atoms with E-state index in [1.807, 2.05) is 24.3 Å². The number of hydrogen-bond acceptors (Lipinski definition) is 2. The molecule has 1 amide bonds. The highest BCUT2D eigenvalue weighted by molar-refractivity contribution is 5.92. The number of rotatable bonds is 6. The molecule has 0 unspecified atom stereocenters. The minimum Gasteiger partial charge on any atom is -0.325 e. The number of hydrogen-bond donors (Lipinski definition) is 2. The maximum atomic E-state index is 13.7. The molecule has 0 saturated carbocycles. The molecular weight excluding hydrogens is 298 g/mol. The molecule has 2 aromatic carbocycles. The van der Waals surface area contributed by atoms with Crippen LogP contribution < -0.4 is 10.6 Å². The first-order valence-electron chi connectivity index (χ1n) is 7.56. The summed E-state index contributed by atoms with van der Waals surface area (Å²) in [4.78, 5) is 11.9. The van der Waals surface area contributed by atoms with Crippen molar-refractivity contribution in [1.82, 2.24) is 5.32 Å². The number of carbonyl (C=O) groups excluding carboxylic acids is 1. The Morgan fingerprint density at radius 1 is 1.13 bits per heavy atom. The molecule has 0 aliphatic rings. The topological polar surface area (TPSA) is 41.1 Å². The standard InChI is InChI=1S/C18H20F2N2O/c1-3-13-4-7-15(8-5-13)22-18(23)11-21-12(2)16-9-6-14(19)10-17(16)20/h4-10,12,21H,3,11H2,1-2H3,(H,22,23)/t12-/m1/s1. The van der Waals surface area contributed by atoms with E-state index in [4.69, 9.17) is 0 Å². The SMILES string of the molecule is CCc1ccc(NC(=O)CN[C@H](C)c2ccc(F)cc2F)cc1. The van der Waals surface area contributed by atoms with E-state index in [1.165, 1.54) is 17.7 Å². The number of amides is 1. The van der Waals surface area contributed by atoms with Gasteiger partial charge < -0.3 is 10.6 Å². The van der Waals surface area contributed by atoms with E-state index in [-0.39, 0.29) is 12.5 Å². The lowest BCUT2D eigenvalue weighted by Gasteiger charge is -2.15. The van der Waals surface area contributed by atoms with Crippen LogP contribution in [0.4, 0.5) is 14.5 Å². The van der Waals surface area contributed by atoms with Crippen molar-refractivity contribution in [3.05, 3.63) is 65.2 Å². The van der Waals surface area contributed by atoms with Crippen molar-refractivity contribution < 1.29 is 13.6 Å². The Bertz CT molecular complexity index is 671. The average molecular weight is 318 g/mol. The molecule has 0 saturated heterocycles. The van der Waals surface area contributed by atoms with Gasteiger partial charge in [0.25, 0.3) is 0 Å². The first-order valence-corrected chi connectivity index (χ1v) is 7.56. The molecular formula is C18H20F2N2O. The van der Waals surface area contributed by atoms with Gasteiger partial charge in [0, 0.05) is 23.4 Å². The molecule has 0 aliphatic carbocycles. The molecule has 2 aromatic rings. The van der Waals surface area contributed by atoms with Crippen LogP contribution in [0.25, 0.3) is 0 Å². The highest BCUT2D eigenvalue weighted by Gasteiger charge is 2.12. The largest absolute Gasteiger partial charge is 0.325 e. The lowest BCUT2D eigenvalue weighted by Crippen LogP contribution is -2.30. The third-order valence-corrected chi connectivity index (χ3v) is 3.64. The van der Waals surface area contributed by atoms with Gasteiger partial charge in [-0.1, -0.05) is 25.1 Å². The molecule has 0 bridgehead atoms. The lowest BCUT2D eigenvalue weighted by atomic mass is 10.1. The first kappa shape index (κ1) is 17.1. The maximum Gasteiger partial charge on any atom is 0.238 e. The fourth-order valence-electron chi connectivity index (χ4n) is 2.24. The van der Waals surface area contributed by atoms with Crippen LogP contribution in [-0.2, 0) is 11.2 Å². The van der Waals surface area contributed by atoms with E-state index in [0.29, 0.717) is 5.56 Å². The van der Waals surface area contributed by atoms with Crippen LogP contribution in [0.15, 0.2) is 42.5 Å². The summed E-state index contributed by atoms with van der Waals surface area (Å²) in [6.07, 6.45) is 0.941.